The lowest BCUT2D eigenvalue weighted by Crippen LogP contribution is -2.14. The molecule has 0 atom stereocenters. The number of anilines is 3. The van der Waals surface area contributed by atoms with Gasteiger partial charge in [0.05, 0.1) is 28.1 Å². The van der Waals surface area contributed by atoms with Crippen molar-refractivity contribution in [1.82, 2.24) is 14.5 Å². The third kappa shape index (κ3) is 4.46. The van der Waals surface area contributed by atoms with Crippen molar-refractivity contribution in [3.63, 3.8) is 0 Å². The van der Waals surface area contributed by atoms with Crippen LogP contribution in [0.1, 0.15) is 0 Å². The zero-order chi connectivity index (χ0) is 33.0. The molecule has 0 N–H and O–H groups in total. The maximum absolute atomic E-state index is 5.37. The van der Waals surface area contributed by atoms with Gasteiger partial charge in [-0.1, -0.05) is 140 Å². The van der Waals surface area contributed by atoms with E-state index >= 15 is 0 Å². The van der Waals surface area contributed by atoms with E-state index in [1.807, 2.05) is 24.3 Å². The molecule has 0 fully saturated rings. The number of fused-ring (bicyclic) bond motifs is 8. The number of para-hydroxylation sites is 3. The molecule has 0 amide bonds. The SMILES string of the molecule is c1ccc(-c2cc(N3c4ccccc4-c4ccccc4-c4cc5c6ccccc6n(-c6ccccc6)c5cc43)nc(-c3ccccc3)n2)cc1. The van der Waals surface area contributed by atoms with Gasteiger partial charge in [0.15, 0.2) is 5.82 Å². The van der Waals surface area contributed by atoms with Gasteiger partial charge in [0.25, 0.3) is 0 Å². The Morgan fingerprint density at radius 2 is 0.980 bits per heavy atom. The van der Waals surface area contributed by atoms with Crippen molar-refractivity contribution in [3.05, 3.63) is 182 Å². The van der Waals surface area contributed by atoms with Gasteiger partial charge in [-0.05, 0) is 47.5 Å². The summed E-state index contributed by atoms with van der Waals surface area (Å²) in [6.45, 7) is 0. The van der Waals surface area contributed by atoms with Gasteiger partial charge in [-0.25, -0.2) is 9.97 Å². The van der Waals surface area contributed by atoms with Gasteiger partial charge >= 0.3 is 0 Å². The largest absolute Gasteiger partial charge is 0.309 e. The Hall–Kier alpha value is -6.78. The molecule has 7 aromatic carbocycles. The van der Waals surface area contributed by atoms with Crippen LogP contribution in [0, 0.1) is 0 Å². The van der Waals surface area contributed by atoms with Crippen LogP contribution in [0.3, 0.4) is 0 Å². The lowest BCUT2D eigenvalue weighted by atomic mass is 9.94. The Morgan fingerprint density at radius 1 is 0.380 bits per heavy atom. The highest BCUT2D eigenvalue weighted by atomic mass is 15.2. The van der Waals surface area contributed by atoms with Gasteiger partial charge in [0.1, 0.15) is 5.82 Å². The predicted octanol–water partition coefficient (Wildman–Crippen LogP) is 12.0. The summed E-state index contributed by atoms with van der Waals surface area (Å²) in [6.07, 6.45) is 0. The van der Waals surface area contributed by atoms with Crippen LogP contribution in [0.2, 0.25) is 0 Å². The molecule has 50 heavy (non-hydrogen) atoms. The summed E-state index contributed by atoms with van der Waals surface area (Å²) in [5, 5.41) is 2.43. The fourth-order valence-corrected chi connectivity index (χ4v) is 7.51. The van der Waals surface area contributed by atoms with Crippen LogP contribution in [0.4, 0.5) is 17.2 Å². The first-order chi connectivity index (χ1) is 24.8. The monoisotopic (exact) mass is 638 g/mol. The Labute approximate surface area is 290 Å². The Bertz CT molecular complexity index is 2640. The molecule has 3 heterocycles. The zero-order valence-corrected chi connectivity index (χ0v) is 27.1. The van der Waals surface area contributed by atoms with Crippen LogP contribution >= 0.6 is 0 Å². The molecule has 0 radical (unpaired) electrons. The van der Waals surface area contributed by atoms with Crippen molar-refractivity contribution >= 4 is 39.0 Å². The van der Waals surface area contributed by atoms with E-state index < -0.39 is 0 Å². The van der Waals surface area contributed by atoms with E-state index in [-0.39, 0.29) is 0 Å². The normalized spacial score (nSPS) is 12.0. The first kappa shape index (κ1) is 28.3. The number of hydrogen-bond donors (Lipinski definition) is 0. The highest BCUT2D eigenvalue weighted by Crippen LogP contribution is 2.52. The summed E-state index contributed by atoms with van der Waals surface area (Å²) in [6, 6.07) is 64.4. The lowest BCUT2D eigenvalue weighted by Gasteiger charge is -2.27. The Morgan fingerprint density at radius 3 is 1.74 bits per heavy atom. The van der Waals surface area contributed by atoms with Crippen molar-refractivity contribution in [1.29, 1.82) is 0 Å². The van der Waals surface area contributed by atoms with Gasteiger partial charge in [-0.3, -0.25) is 4.90 Å². The first-order valence-electron chi connectivity index (χ1n) is 16.9. The van der Waals surface area contributed by atoms with Crippen molar-refractivity contribution in [3.8, 4) is 50.6 Å². The second kappa shape index (κ2) is 11.4. The first-order valence-corrected chi connectivity index (χ1v) is 16.9. The quantitative estimate of drug-likeness (QED) is 0.192. The molecule has 1 aliphatic heterocycles. The van der Waals surface area contributed by atoms with E-state index in [4.69, 9.17) is 9.97 Å². The van der Waals surface area contributed by atoms with Gasteiger partial charge in [-0.15, -0.1) is 0 Å². The maximum Gasteiger partial charge on any atom is 0.162 e. The Kier molecular flexibility index (Phi) is 6.46. The van der Waals surface area contributed by atoms with E-state index in [9.17, 15) is 0 Å². The maximum atomic E-state index is 5.37. The van der Waals surface area contributed by atoms with Crippen molar-refractivity contribution < 1.29 is 0 Å². The molecule has 4 nitrogen and oxygen atoms in total. The molecule has 4 heteroatoms. The molecule has 10 rings (SSSR count). The molecule has 0 bridgehead atoms. The molecule has 0 aliphatic carbocycles. The molecule has 0 saturated carbocycles. The summed E-state index contributed by atoms with van der Waals surface area (Å²) in [7, 11) is 0. The Balaban J connectivity index is 1.34. The predicted molar refractivity (Wildman–Crippen MR) is 206 cm³/mol. The smallest absolute Gasteiger partial charge is 0.162 e. The van der Waals surface area contributed by atoms with E-state index in [1.165, 1.54) is 27.4 Å². The highest BCUT2D eigenvalue weighted by Gasteiger charge is 2.29. The van der Waals surface area contributed by atoms with E-state index in [0.29, 0.717) is 5.82 Å². The zero-order valence-electron chi connectivity index (χ0n) is 27.1. The number of nitrogens with zero attached hydrogens (tertiary/aromatic N) is 4. The van der Waals surface area contributed by atoms with Crippen molar-refractivity contribution in [2.24, 2.45) is 0 Å². The number of hydrogen-bond acceptors (Lipinski definition) is 3. The second-order valence-electron chi connectivity index (χ2n) is 12.6. The lowest BCUT2D eigenvalue weighted by molar-refractivity contribution is 1.12. The van der Waals surface area contributed by atoms with Crippen molar-refractivity contribution in [2.45, 2.75) is 0 Å². The van der Waals surface area contributed by atoms with Crippen LogP contribution in [0.25, 0.3) is 72.4 Å². The summed E-state index contributed by atoms with van der Waals surface area (Å²) < 4.78 is 2.39. The summed E-state index contributed by atoms with van der Waals surface area (Å²) in [4.78, 5) is 12.8. The molecule has 0 saturated heterocycles. The standard InChI is InChI=1S/C46H30N4/c1-4-16-31(17-5-1)40-29-45(48-46(47-40)32-18-6-2-7-19-32)50-42-27-15-12-24-36(42)34-22-10-11-23-35(34)38-28-39-37-25-13-14-26-41(37)49(43(39)30-44(38)50)33-20-8-3-9-21-33/h1-30H. The fourth-order valence-electron chi connectivity index (χ4n) is 7.51. The number of rotatable bonds is 4. The van der Waals surface area contributed by atoms with Gasteiger partial charge in [0, 0.05) is 44.8 Å². The van der Waals surface area contributed by atoms with Crippen LogP contribution in [0.5, 0.6) is 0 Å². The molecule has 0 unspecified atom stereocenters. The molecule has 1 aliphatic rings. The van der Waals surface area contributed by atoms with E-state index in [0.717, 1.165) is 56.3 Å². The van der Waals surface area contributed by atoms with Gasteiger partial charge in [0.2, 0.25) is 0 Å². The summed E-state index contributed by atoms with van der Waals surface area (Å²) in [5.74, 6) is 1.49. The second-order valence-corrected chi connectivity index (χ2v) is 12.6. The summed E-state index contributed by atoms with van der Waals surface area (Å²) in [5.41, 5.74) is 13.1. The average Bonchev–Trinajstić information content (AvgIpc) is 3.46. The highest BCUT2D eigenvalue weighted by molar-refractivity contribution is 6.14. The van der Waals surface area contributed by atoms with Crippen LogP contribution < -0.4 is 4.90 Å². The average molecular weight is 639 g/mol. The molecule has 2 aromatic heterocycles. The molecular weight excluding hydrogens is 609 g/mol. The minimum absolute atomic E-state index is 0.683. The molecular formula is C46H30N4. The van der Waals surface area contributed by atoms with Crippen LogP contribution in [-0.4, -0.2) is 14.5 Å². The van der Waals surface area contributed by atoms with Crippen LogP contribution in [-0.2, 0) is 0 Å². The minimum atomic E-state index is 0.683. The molecule has 0 spiro atoms. The number of aromatic nitrogens is 3. The molecule has 234 valence electrons. The summed E-state index contributed by atoms with van der Waals surface area (Å²) >= 11 is 0. The van der Waals surface area contributed by atoms with Crippen molar-refractivity contribution in [2.75, 3.05) is 4.90 Å². The third-order valence-electron chi connectivity index (χ3n) is 9.74. The molecule has 9 aromatic rings. The topological polar surface area (TPSA) is 34.0 Å². The van der Waals surface area contributed by atoms with E-state index in [1.54, 1.807) is 0 Å². The van der Waals surface area contributed by atoms with Gasteiger partial charge in [-0.2, -0.15) is 0 Å². The third-order valence-corrected chi connectivity index (χ3v) is 9.74. The van der Waals surface area contributed by atoms with E-state index in [2.05, 4.69) is 167 Å². The van der Waals surface area contributed by atoms with Gasteiger partial charge < -0.3 is 4.57 Å². The fraction of sp³-hybridized carbons (Fsp3) is 0. The minimum Gasteiger partial charge on any atom is -0.309 e. The number of benzene rings is 7. The van der Waals surface area contributed by atoms with Crippen LogP contribution in [0.15, 0.2) is 182 Å².